The van der Waals surface area contributed by atoms with Crippen LogP contribution in [-0.4, -0.2) is 14.8 Å². The third-order valence-corrected chi connectivity index (χ3v) is 3.10. The maximum absolute atomic E-state index is 13.8. The molecule has 0 aliphatic heterocycles. The number of rotatable bonds is 4. The number of hydrogen-bond acceptors (Lipinski definition) is 4. The van der Waals surface area contributed by atoms with Crippen molar-refractivity contribution in [3.05, 3.63) is 46.5 Å². The van der Waals surface area contributed by atoms with Gasteiger partial charge in [0.15, 0.2) is 0 Å². The predicted octanol–water partition coefficient (Wildman–Crippen LogP) is 1.49. The van der Waals surface area contributed by atoms with Crippen molar-refractivity contribution in [2.45, 2.75) is 12.5 Å². The van der Waals surface area contributed by atoms with E-state index in [1.54, 1.807) is 7.05 Å². The number of aromatic nitrogens is 3. The fourth-order valence-corrected chi connectivity index (χ4v) is 1.90. The van der Waals surface area contributed by atoms with Crippen LogP contribution in [0.1, 0.15) is 17.4 Å². The second kappa shape index (κ2) is 5.60. The zero-order valence-corrected chi connectivity index (χ0v) is 10.8. The number of hydrazine groups is 1. The van der Waals surface area contributed by atoms with E-state index in [4.69, 9.17) is 17.4 Å². The van der Waals surface area contributed by atoms with Crippen molar-refractivity contribution in [3.63, 3.8) is 0 Å². The normalized spacial score (nSPS) is 12.7. The number of nitrogens with two attached hydrogens (primary N) is 1. The van der Waals surface area contributed by atoms with Crippen LogP contribution in [0.3, 0.4) is 0 Å². The van der Waals surface area contributed by atoms with Crippen LogP contribution in [0.4, 0.5) is 8.78 Å². The smallest absolute Gasteiger partial charge is 0.142 e. The van der Waals surface area contributed by atoms with E-state index >= 15 is 0 Å². The Balaban J connectivity index is 2.32. The fourth-order valence-electron chi connectivity index (χ4n) is 1.75. The highest BCUT2D eigenvalue weighted by atomic mass is 35.5. The molecule has 5 nitrogen and oxygen atoms in total. The molecule has 102 valence electrons. The van der Waals surface area contributed by atoms with Gasteiger partial charge in [-0.1, -0.05) is 11.6 Å². The molecule has 1 unspecified atom stereocenters. The molecule has 3 N–H and O–H groups in total. The maximum Gasteiger partial charge on any atom is 0.142 e. The van der Waals surface area contributed by atoms with Gasteiger partial charge in [0.2, 0.25) is 0 Å². The summed E-state index contributed by atoms with van der Waals surface area (Å²) in [5.41, 5.74) is 2.53. The number of halogens is 3. The number of nitrogens with one attached hydrogen (secondary N) is 1. The average molecular weight is 288 g/mol. The highest BCUT2D eigenvalue weighted by Gasteiger charge is 2.19. The van der Waals surface area contributed by atoms with Crippen LogP contribution in [0.5, 0.6) is 0 Å². The lowest BCUT2D eigenvalue weighted by molar-refractivity contribution is 0.486. The Kier molecular flexibility index (Phi) is 4.08. The summed E-state index contributed by atoms with van der Waals surface area (Å²) in [4.78, 5) is 4.01. The third kappa shape index (κ3) is 2.89. The Morgan fingerprint density at radius 2 is 2.16 bits per heavy atom. The van der Waals surface area contributed by atoms with Crippen molar-refractivity contribution in [1.82, 2.24) is 20.2 Å². The van der Waals surface area contributed by atoms with Crippen LogP contribution in [0.25, 0.3) is 0 Å². The molecule has 0 spiro atoms. The topological polar surface area (TPSA) is 68.8 Å². The van der Waals surface area contributed by atoms with E-state index in [1.165, 1.54) is 11.0 Å². The molecular formula is C11H12ClF2N5. The summed E-state index contributed by atoms with van der Waals surface area (Å²) in [6.45, 7) is 0. The fraction of sp³-hybridized carbons (Fsp3) is 0.273. The Morgan fingerprint density at radius 3 is 2.74 bits per heavy atom. The molecule has 1 atom stereocenters. The van der Waals surface area contributed by atoms with Gasteiger partial charge in [0.1, 0.15) is 23.8 Å². The highest BCUT2D eigenvalue weighted by molar-refractivity contribution is 6.30. The second-order valence-electron chi connectivity index (χ2n) is 4.01. The maximum atomic E-state index is 13.8. The van der Waals surface area contributed by atoms with Gasteiger partial charge in [-0.3, -0.25) is 16.0 Å². The van der Waals surface area contributed by atoms with Crippen molar-refractivity contribution in [1.29, 1.82) is 0 Å². The average Bonchev–Trinajstić information content (AvgIpc) is 2.77. The largest absolute Gasteiger partial charge is 0.271 e. The molecule has 1 aromatic heterocycles. The Morgan fingerprint density at radius 1 is 1.42 bits per heavy atom. The lowest BCUT2D eigenvalue weighted by Gasteiger charge is -2.17. The quantitative estimate of drug-likeness (QED) is 0.508. The molecule has 0 saturated heterocycles. The van der Waals surface area contributed by atoms with E-state index in [1.807, 2.05) is 0 Å². The number of aryl methyl sites for hydroxylation is 1. The molecule has 1 heterocycles. The standard InChI is InChI=1S/C11H12ClF2N5/c1-19-11(16-5-17-19)4-10(18-15)6-2-9(14)7(12)3-8(6)13/h2-3,5,10,18H,4,15H2,1H3. The van der Waals surface area contributed by atoms with Crippen molar-refractivity contribution >= 4 is 11.6 Å². The summed E-state index contributed by atoms with van der Waals surface area (Å²) in [5.74, 6) is 4.67. The predicted molar refractivity (Wildman–Crippen MR) is 66.1 cm³/mol. The minimum absolute atomic E-state index is 0.0902. The van der Waals surface area contributed by atoms with Crippen LogP contribution in [0.15, 0.2) is 18.5 Å². The molecule has 1 aromatic carbocycles. The van der Waals surface area contributed by atoms with Crippen LogP contribution in [0.2, 0.25) is 5.02 Å². The molecule has 2 aromatic rings. The monoisotopic (exact) mass is 287 g/mol. The Labute approximate surface area is 113 Å². The molecule has 19 heavy (non-hydrogen) atoms. The molecular weight excluding hydrogens is 276 g/mol. The van der Waals surface area contributed by atoms with E-state index in [9.17, 15) is 8.78 Å². The Bertz CT molecular complexity index is 586. The van der Waals surface area contributed by atoms with Crippen LogP contribution < -0.4 is 11.3 Å². The Hall–Kier alpha value is -1.57. The summed E-state index contributed by atoms with van der Waals surface area (Å²) in [5, 5.41) is 3.63. The molecule has 0 amide bonds. The molecule has 0 aliphatic carbocycles. The summed E-state index contributed by atoms with van der Waals surface area (Å²) >= 11 is 5.51. The molecule has 0 aliphatic rings. The number of hydrogen-bond donors (Lipinski definition) is 2. The van der Waals surface area contributed by atoms with Gasteiger partial charge in [-0.15, -0.1) is 0 Å². The van der Waals surface area contributed by atoms with Gasteiger partial charge in [-0.25, -0.2) is 13.8 Å². The van der Waals surface area contributed by atoms with Crippen molar-refractivity contribution in [3.8, 4) is 0 Å². The van der Waals surface area contributed by atoms with Crippen LogP contribution in [0, 0.1) is 11.6 Å². The molecule has 0 fully saturated rings. The van der Waals surface area contributed by atoms with Crippen molar-refractivity contribution < 1.29 is 8.78 Å². The number of benzene rings is 1. The summed E-state index contributed by atoms with van der Waals surface area (Å²) in [6, 6.07) is 1.32. The van der Waals surface area contributed by atoms with E-state index in [0.717, 1.165) is 12.1 Å². The van der Waals surface area contributed by atoms with Gasteiger partial charge >= 0.3 is 0 Å². The summed E-state index contributed by atoms with van der Waals surface area (Å²) in [6.07, 6.45) is 1.65. The minimum atomic E-state index is -0.698. The SMILES string of the molecule is Cn1ncnc1CC(NN)c1cc(F)c(Cl)cc1F. The van der Waals surface area contributed by atoms with Crippen LogP contribution in [-0.2, 0) is 13.5 Å². The molecule has 0 bridgehead atoms. The van der Waals surface area contributed by atoms with E-state index in [0.29, 0.717) is 5.82 Å². The third-order valence-electron chi connectivity index (χ3n) is 2.81. The van der Waals surface area contributed by atoms with Gasteiger partial charge in [0.25, 0.3) is 0 Å². The summed E-state index contributed by atoms with van der Waals surface area (Å²) in [7, 11) is 1.70. The lowest BCUT2D eigenvalue weighted by atomic mass is 10.0. The first-order valence-electron chi connectivity index (χ1n) is 5.46. The van der Waals surface area contributed by atoms with Gasteiger partial charge in [-0.05, 0) is 12.1 Å². The highest BCUT2D eigenvalue weighted by Crippen LogP contribution is 2.25. The van der Waals surface area contributed by atoms with E-state index in [2.05, 4.69) is 15.5 Å². The van der Waals surface area contributed by atoms with Gasteiger partial charge in [-0.2, -0.15) is 5.10 Å². The first kappa shape index (κ1) is 13.9. The van der Waals surface area contributed by atoms with Crippen molar-refractivity contribution in [2.24, 2.45) is 12.9 Å². The molecule has 0 saturated carbocycles. The first-order chi connectivity index (χ1) is 9.02. The van der Waals surface area contributed by atoms with E-state index < -0.39 is 17.7 Å². The first-order valence-corrected chi connectivity index (χ1v) is 5.84. The molecule has 0 radical (unpaired) electrons. The van der Waals surface area contributed by atoms with Crippen molar-refractivity contribution in [2.75, 3.05) is 0 Å². The van der Waals surface area contributed by atoms with Gasteiger partial charge < -0.3 is 0 Å². The zero-order chi connectivity index (χ0) is 14.0. The van der Waals surface area contributed by atoms with Crippen LogP contribution >= 0.6 is 11.6 Å². The minimum Gasteiger partial charge on any atom is -0.271 e. The molecule has 2 rings (SSSR count). The number of nitrogens with zero attached hydrogens (tertiary/aromatic N) is 3. The zero-order valence-electron chi connectivity index (χ0n) is 10.1. The van der Waals surface area contributed by atoms with Gasteiger partial charge in [0.05, 0.1) is 11.1 Å². The molecule has 8 heteroatoms. The van der Waals surface area contributed by atoms with E-state index in [-0.39, 0.29) is 17.0 Å². The second-order valence-corrected chi connectivity index (χ2v) is 4.42. The summed E-state index contributed by atoms with van der Waals surface area (Å²) < 4.78 is 28.8. The lowest BCUT2D eigenvalue weighted by Crippen LogP contribution is -2.31. The van der Waals surface area contributed by atoms with Gasteiger partial charge in [0, 0.05) is 19.0 Å².